The van der Waals surface area contributed by atoms with Crippen LogP contribution in [0, 0.1) is 12.3 Å². The number of nitrogens with zero attached hydrogens (tertiary/aromatic N) is 1. The Bertz CT molecular complexity index is 350. The minimum Gasteiger partial charge on any atom is -0.383 e. The first-order valence-corrected chi connectivity index (χ1v) is 3.71. The lowest BCUT2D eigenvalue weighted by atomic mass is 10.1. The van der Waals surface area contributed by atoms with Crippen LogP contribution in [-0.4, -0.2) is 16.9 Å². The van der Waals surface area contributed by atoms with Crippen molar-refractivity contribution in [2.45, 2.75) is 13.1 Å². The molecule has 0 spiro atoms. The molecule has 0 aliphatic rings. The topological polar surface area (TPSA) is 62.8 Å². The molecule has 6 heteroatoms. The molecule has 3 nitrogen and oxygen atoms in total. The number of aryl methyl sites for hydroxylation is 1. The van der Waals surface area contributed by atoms with Gasteiger partial charge in [-0.1, -0.05) is 0 Å². The van der Waals surface area contributed by atoms with Crippen LogP contribution < -0.4 is 5.73 Å². The van der Waals surface area contributed by atoms with E-state index in [0.29, 0.717) is 5.56 Å². The third-order valence-corrected chi connectivity index (χ3v) is 1.72. The first-order valence-electron chi connectivity index (χ1n) is 3.71. The Morgan fingerprint density at radius 2 is 2.07 bits per heavy atom. The fraction of sp³-hybridized carbons (Fsp3) is 0.250. The van der Waals surface area contributed by atoms with Crippen molar-refractivity contribution in [2.24, 2.45) is 0 Å². The number of hydrogen-bond donors (Lipinski definition) is 2. The number of alkyl halides is 3. The van der Waals surface area contributed by atoms with Crippen molar-refractivity contribution >= 4 is 11.5 Å². The molecule has 0 aliphatic heterocycles. The van der Waals surface area contributed by atoms with Crippen LogP contribution >= 0.6 is 0 Å². The molecule has 0 atom stereocenters. The van der Waals surface area contributed by atoms with E-state index < -0.39 is 11.9 Å². The predicted molar refractivity (Wildman–Crippen MR) is 46.3 cm³/mol. The van der Waals surface area contributed by atoms with Gasteiger partial charge in [-0.3, -0.25) is 5.41 Å². The zero-order valence-electron chi connectivity index (χ0n) is 7.31. The maximum atomic E-state index is 12.2. The van der Waals surface area contributed by atoms with E-state index >= 15 is 0 Å². The number of anilines is 1. The minimum atomic E-state index is -4.69. The van der Waals surface area contributed by atoms with Gasteiger partial charge in [-0.15, -0.1) is 0 Å². The van der Waals surface area contributed by atoms with Gasteiger partial charge >= 0.3 is 6.18 Å². The molecule has 3 N–H and O–H groups in total. The maximum Gasteiger partial charge on any atom is 0.433 e. The van der Waals surface area contributed by atoms with Gasteiger partial charge in [0, 0.05) is 11.8 Å². The highest BCUT2D eigenvalue weighted by Crippen LogP contribution is 2.25. The molecule has 0 saturated carbocycles. The lowest BCUT2D eigenvalue weighted by Crippen LogP contribution is -2.25. The summed E-state index contributed by atoms with van der Waals surface area (Å²) < 4.78 is 36.6. The molecule has 0 radical (unpaired) electrons. The second kappa shape index (κ2) is 3.28. The highest BCUT2D eigenvalue weighted by molar-refractivity contribution is 6.06. The van der Waals surface area contributed by atoms with Gasteiger partial charge in [0.2, 0.25) is 0 Å². The van der Waals surface area contributed by atoms with E-state index in [-0.39, 0.29) is 11.4 Å². The largest absolute Gasteiger partial charge is 0.433 e. The van der Waals surface area contributed by atoms with Crippen molar-refractivity contribution in [3.63, 3.8) is 0 Å². The van der Waals surface area contributed by atoms with Crippen molar-refractivity contribution in [1.82, 2.24) is 4.98 Å². The zero-order chi connectivity index (χ0) is 10.9. The summed E-state index contributed by atoms with van der Waals surface area (Å²) in [5.74, 6) is -0.271. The Morgan fingerprint density at radius 1 is 1.50 bits per heavy atom. The van der Waals surface area contributed by atoms with E-state index in [2.05, 4.69) is 4.98 Å². The molecule has 0 amide bonds. The second-order valence-corrected chi connectivity index (χ2v) is 2.76. The molecule has 14 heavy (non-hydrogen) atoms. The number of halogens is 3. The zero-order valence-corrected chi connectivity index (χ0v) is 7.31. The van der Waals surface area contributed by atoms with E-state index in [0.717, 1.165) is 0 Å². The molecular weight excluding hydrogens is 195 g/mol. The molecule has 0 unspecified atom stereocenters. The molecule has 76 valence electrons. The predicted octanol–water partition coefficient (Wildman–Crippen LogP) is 1.90. The van der Waals surface area contributed by atoms with E-state index in [4.69, 9.17) is 11.1 Å². The third-order valence-electron chi connectivity index (χ3n) is 1.72. The van der Waals surface area contributed by atoms with Gasteiger partial charge in [0.1, 0.15) is 11.5 Å². The van der Waals surface area contributed by atoms with Crippen LogP contribution in [0.1, 0.15) is 11.1 Å². The Kier molecular flexibility index (Phi) is 2.46. The molecule has 1 heterocycles. The quantitative estimate of drug-likeness (QED) is 0.684. The SMILES string of the molecule is Cc1ccnc(N)c1C(=N)C(F)(F)F. The lowest BCUT2D eigenvalue weighted by molar-refractivity contribution is -0.0587. The van der Waals surface area contributed by atoms with Gasteiger partial charge < -0.3 is 5.73 Å². The van der Waals surface area contributed by atoms with Crippen molar-refractivity contribution in [3.05, 3.63) is 23.4 Å². The first kappa shape index (κ1) is 10.5. The number of rotatable bonds is 1. The summed E-state index contributed by atoms with van der Waals surface area (Å²) in [6.45, 7) is 1.45. The summed E-state index contributed by atoms with van der Waals surface area (Å²) in [7, 11) is 0. The molecule has 0 aliphatic carbocycles. The highest BCUT2D eigenvalue weighted by Gasteiger charge is 2.37. The fourth-order valence-electron chi connectivity index (χ4n) is 1.05. The number of hydrogen-bond acceptors (Lipinski definition) is 3. The Labute approximate surface area is 78.3 Å². The summed E-state index contributed by atoms with van der Waals surface area (Å²) in [6.07, 6.45) is -3.39. The lowest BCUT2D eigenvalue weighted by Gasteiger charge is -2.12. The summed E-state index contributed by atoms with van der Waals surface area (Å²) in [5, 5.41) is 6.92. The average molecular weight is 203 g/mol. The van der Waals surface area contributed by atoms with Crippen LogP contribution in [0.3, 0.4) is 0 Å². The van der Waals surface area contributed by atoms with Gasteiger partial charge in [0.15, 0.2) is 0 Å². The summed E-state index contributed by atoms with van der Waals surface area (Å²) in [5.41, 5.74) is 3.75. The molecule has 0 bridgehead atoms. The van der Waals surface area contributed by atoms with Crippen molar-refractivity contribution < 1.29 is 13.2 Å². The van der Waals surface area contributed by atoms with E-state index in [1.165, 1.54) is 19.2 Å². The molecule has 0 saturated heterocycles. The fourth-order valence-corrected chi connectivity index (χ4v) is 1.05. The van der Waals surface area contributed by atoms with Crippen molar-refractivity contribution in [1.29, 1.82) is 5.41 Å². The van der Waals surface area contributed by atoms with Crippen LogP contribution in [0.5, 0.6) is 0 Å². The average Bonchev–Trinajstić information content (AvgIpc) is 2.01. The first-order chi connectivity index (χ1) is 6.34. The van der Waals surface area contributed by atoms with Crippen molar-refractivity contribution in [3.8, 4) is 0 Å². The van der Waals surface area contributed by atoms with Crippen LogP contribution in [0.2, 0.25) is 0 Å². The van der Waals surface area contributed by atoms with E-state index in [1.807, 2.05) is 0 Å². The Morgan fingerprint density at radius 3 is 2.50 bits per heavy atom. The molecule has 1 aromatic rings. The highest BCUT2D eigenvalue weighted by atomic mass is 19.4. The molecule has 1 rings (SSSR count). The Hall–Kier alpha value is -1.59. The van der Waals surface area contributed by atoms with Gasteiger partial charge in [-0.2, -0.15) is 13.2 Å². The molecule has 0 fully saturated rings. The molecular formula is C8H8F3N3. The van der Waals surface area contributed by atoms with Crippen LogP contribution in [0.15, 0.2) is 12.3 Å². The molecule has 1 aromatic heterocycles. The van der Waals surface area contributed by atoms with Gasteiger partial charge in [-0.05, 0) is 18.6 Å². The number of aromatic nitrogens is 1. The van der Waals surface area contributed by atoms with Gasteiger partial charge in [-0.25, -0.2) is 4.98 Å². The van der Waals surface area contributed by atoms with Gasteiger partial charge in [0.05, 0.1) is 0 Å². The summed E-state index contributed by atoms with van der Waals surface area (Å²) >= 11 is 0. The van der Waals surface area contributed by atoms with Crippen LogP contribution in [-0.2, 0) is 0 Å². The van der Waals surface area contributed by atoms with Crippen molar-refractivity contribution in [2.75, 3.05) is 5.73 Å². The number of nitrogens with one attached hydrogen (secondary N) is 1. The Balaban J connectivity index is 3.26. The van der Waals surface area contributed by atoms with E-state index in [9.17, 15) is 13.2 Å². The number of pyridine rings is 1. The minimum absolute atomic E-state index is 0.271. The monoisotopic (exact) mass is 203 g/mol. The maximum absolute atomic E-state index is 12.2. The number of nitrogens with two attached hydrogens (primary N) is 1. The third kappa shape index (κ3) is 1.84. The smallest absolute Gasteiger partial charge is 0.383 e. The van der Waals surface area contributed by atoms with Gasteiger partial charge in [0.25, 0.3) is 0 Å². The van der Waals surface area contributed by atoms with E-state index in [1.54, 1.807) is 0 Å². The normalized spacial score (nSPS) is 11.4. The number of nitrogen functional groups attached to an aromatic ring is 1. The summed E-state index contributed by atoms with van der Waals surface area (Å²) in [6, 6.07) is 1.38. The van der Waals surface area contributed by atoms with Crippen LogP contribution in [0.25, 0.3) is 0 Å². The van der Waals surface area contributed by atoms with Crippen LogP contribution in [0.4, 0.5) is 19.0 Å². The summed E-state index contributed by atoms with van der Waals surface area (Å²) in [4.78, 5) is 3.51. The molecule has 0 aromatic carbocycles. The second-order valence-electron chi connectivity index (χ2n) is 2.76. The standard InChI is InChI=1S/C8H8F3N3/c1-4-2-3-14-7(13)5(4)6(12)8(9,10)11/h2-3,12H,1H3,(H2,13,14).